The Morgan fingerprint density at radius 1 is 1.12 bits per heavy atom. The van der Waals surface area contributed by atoms with E-state index in [-0.39, 0.29) is 17.3 Å². The minimum absolute atomic E-state index is 0.0205. The summed E-state index contributed by atoms with van der Waals surface area (Å²) in [5.41, 5.74) is 0.928. The molecule has 8 heteroatoms. The molecule has 1 aromatic carbocycles. The predicted molar refractivity (Wildman–Crippen MR) is 81.6 cm³/mol. The van der Waals surface area contributed by atoms with Crippen LogP contribution in [0.5, 0.6) is 0 Å². The molecule has 0 bridgehead atoms. The lowest BCUT2D eigenvalue weighted by atomic mass is 9.74. The smallest absolute Gasteiger partial charge is 0.333 e. The van der Waals surface area contributed by atoms with Gasteiger partial charge in [-0.1, -0.05) is 17.3 Å². The van der Waals surface area contributed by atoms with E-state index in [9.17, 15) is 18.0 Å². The average molecular weight is 351 g/mol. The highest BCUT2D eigenvalue weighted by molar-refractivity contribution is 5.95. The minimum Gasteiger partial charge on any atom is -0.333 e. The molecule has 1 amide bonds. The van der Waals surface area contributed by atoms with Crippen LogP contribution in [0.3, 0.4) is 0 Å². The third-order valence-electron chi connectivity index (χ3n) is 5.18. The van der Waals surface area contributed by atoms with Gasteiger partial charge in [0.15, 0.2) is 0 Å². The van der Waals surface area contributed by atoms with E-state index < -0.39 is 12.1 Å². The average Bonchev–Trinajstić information content (AvgIpc) is 3.20. The van der Waals surface area contributed by atoms with E-state index in [1.54, 1.807) is 24.3 Å². The third kappa shape index (κ3) is 2.69. The largest absolute Gasteiger partial charge is 0.471 e. The van der Waals surface area contributed by atoms with E-state index in [0.717, 1.165) is 38.6 Å². The van der Waals surface area contributed by atoms with Crippen molar-refractivity contribution in [3.63, 3.8) is 0 Å². The Hall–Kier alpha value is -2.38. The topological polar surface area (TPSA) is 59.2 Å². The second kappa shape index (κ2) is 5.57. The quantitative estimate of drug-likeness (QED) is 0.823. The van der Waals surface area contributed by atoms with Gasteiger partial charge >= 0.3 is 12.1 Å². The summed E-state index contributed by atoms with van der Waals surface area (Å²) in [5, 5.41) is 3.35. The molecule has 5 nitrogen and oxygen atoms in total. The lowest BCUT2D eigenvalue weighted by Crippen LogP contribution is -2.51. The third-order valence-corrected chi connectivity index (χ3v) is 5.18. The number of benzene rings is 1. The molecular formula is C17H16F3N3O2. The van der Waals surface area contributed by atoms with Gasteiger partial charge in [-0.05, 0) is 44.2 Å². The standard InChI is InChI=1S/C17H16F3N3O2/c18-17(19,20)15-21-13(22-25-15)11-3-5-12(6-4-11)14(24)23-10-2-9-16(23)7-1-8-16/h3-6H,1-2,7-10H2. The normalized spacial score (nSPS) is 19.2. The van der Waals surface area contributed by atoms with Gasteiger partial charge in [-0.15, -0.1) is 0 Å². The van der Waals surface area contributed by atoms with Gasteiger partial charge in [0.05, 0.1) is 0 Å². The number of rotatable bonds is 2. The monoisotopic (exact) mass is 351 g/mol. The number of hydrogen-bond donors (Lipinski definition) is 0. The molecule has 4 rings (SSSR count). The highest BCUT2D eigenvalue weighted by Gasteiger charge is 2.47. The fourth-order valence-corrected chi connectivity index (χ4v) is 3.73. The molecule has 2 aliphatic rings. The number of amides is 1. The number of likely N-dealkylation sites (tertiary alicyclic amines) is 1. The predicted octanol–water partition coefficient (Wildman–Crippen LogP) is 3.91. The maximum atomic E-state index is 12.8. The maximum Gasteiger partial charge on any atom is 0.471 e. The molecule has 132 valence electrons. The molecule has 0 unspecified atom stereocenters. The molecule has 0 N–H and O–H groups in total. The molecule has 0 atom stereocenters. The molecule has 25 heavy (non-hydrogen) atoms. The van der Waals surface area contributed by atoms with E-state index in [0.29, 0.717) is 11.1 Å². The summed E-state index contributed by atoms with van der Waals surface area (Å²) < 4.78 is 41.8. The summed E-state index contributed by atoms with van der Waals surface area (Å²) in [4.78, 5) is 18.1. The van der Waals surface area contributed by atoms with Crippen molar-refractivity contribution in [2.45, 2.75) is 43.8 Å². The van der Waals surface area contributed by atoms with Crippen LogP contribution < -0.4 is 0 Å². The molecule has 1 saturated carbocycles. The van der Waals surface area contributed by atoms with E-state index in [1.807, 2.05) is 4.90 Å². The Labute approximate surface area is 141 Å². The number of carbonyl (C=O) groups is 1. The van der Waals surface area contributed by atoms with Crippen molar-refractivity contribution >= 4 is 5.91 Å². The summed E-state index contributed by atoms with van der Waals surface area (Å²) in [6.07, 6.45) is 0.669. The van der Waals surface area contributed by atoms with Crippen LogP contribution in [0.4, 0.5) is 13.2 Å². The van der Waals surface area contributed by atoms with Crippen LogP contribution in [0.25, 0.3) is 11.4 Å². The summed E-state index contributed by atoms with van der Waals surface area (Å²) in [6, 6.07) is 6.29. The van der Waals surface area contributed by atoms with Crippen LogP contribution in [0.15, 0.2) is 28.8 Å². The van der Waals surface area contributed by atoms with Gasteiger partial charge in [0.2, 0.25) is 5.82 Å². The lowest BCUT2D eigenvalue weighted by Gasteiger charge is -2.45. The molecule has 1 saturated heterocycles. The van der Waals surface area contributed by atoms with Gasteiger partial charge < -0.3 is 9.42 Å². The molecule has 1 spiro atoms. The molecule has 1 aliphatic carbocycles. The van der Waals surface area contributed by atoms with Gasteiger partial charge in [-0.2, -0.15) is 18.2 Å². The van der Waals surface area contributed by atoms with E-state index >= 15 is 0 Å². The van der Waals surface area contributed by atoms with Gasteiger partial charge in [0, 0.05) is 23.2 Å². The van der Waals surface area contributed by atoms with Crippen LogP contribution >= 0.6 is 0 Å². The highest BCUT2D eigenvalue weighted by Crippen LogP contribution is 2.46. The minimum atomic E-state index is -4.67. The lowest BCUT2D eigenvalue weighted by molar-refractivity contribution is -0.159. The fourth-order valence-electron chi connectivity index (χ4n) is 3.73. The van der Waals surface area contributed by atoms with E-state index in [4.69, 9.17) is 0 Å². The van der Waals surface area contributed by atoms with Gasteiger partial charge in [0.1, 0.15) is 0 Å². The van der Waals surface area contributed by atoms with Crippen molar-refractivity contribution in [1.82, 2.24) is 15.0 Å². The summed E-state index contributed by atoms with van der Waals surface area (Å²) in [5.74, 6) is -1.55. The SMILES string of the molecule is O=C(c1ccc(-c2noc(C(F)(F)F)n2)cc1)N1CCCC12CCC2. The molecule has 2 aromatic rings. The number of aromatic nitrogens is 2. The van der Waals surface area contributed by atoms with E-state index in [2.05, 4.69) is 14.7 Å². The van der Waals surface area contributed by atoms with Crippen molar-refractivity contribution in [1.29, 1.82) is 0 Å². The van der Waals surface area contributed by atoms with Gasteiger partial charge in [-0.25, -0.2) is 0 Å². The Bertz CT molecular complexity index is 794. The maximum absolute atomic E-state index is 12.8. The first-order valence-electron chi connectivity index (χ1n) is 8.22. The number of alkyl halides is 3. The van der Waals surface area contributed by atoms with Crippen molar-refractivity contribution in [3.05, 3.63) is 35.7 Å². The fraction of sp³-hybridized carbons (Fsp3) is 0.471. The zero-order chi connectivity index (χ0) is 17.7. The summed E-state index contributed by atoms with van der Waals surface area (Å²) in [6.45, 7) is 0.764. The van der Waals surface area contributed by atoms with Crippen molar-refractivity contribution in [2.24, 2.45) is 0 Å². The van der Waals surface area contributed by atoms with Crippen molar-refractivity contribution in [2.75, 3.05) is 6.54 Å². The highest BCUT2D eigenvalue weighted by atomic mass is 19.4. The van der Waals surface area contributed by atoms with Crippen LogP contribution in [-0.2, 0) is 6.18 Å². The second-order valence-corrected chi connectivity index (χ2v) is 6.64. The van der Waals surface area contributed by atoms with Gasteiger partial charge in [0.25, 0.3) is 5.91 Å². The molecule has 1 aliphatic heterocycles. The number of carbonyl (C=O) groups excluding carboxylic acids is 1. The molecular weight excluding hydrogens is 335 g/mol. The van der Waals surface area contributed by atoms with Crippen LogP contribution in [0.1, 0.15) is 48.4 Å². The molecule has 1 aromatic heterocycles. The summed E-state index contributed by atoms with van der Waals surface area (Å²) in [7, 11) is 0. The first kappa shape index (κ1) is 16.1. The number of nitrogens with zero attached hydrogens (tertiary/aromatic N) is 3. The summed E-state index contributed by atoms with van der Waals surface area (Å²) >= 11 is 0. The molecule has 0 radical (unpaired) electrons. The van der Waals surface area contributed by atoms with Crippen LogP contribution in [0.2, 0.25) is 0 Å². The zero-order valence-electron chi connectivity index (χ0n) is 13.3. The number of halogens is 3. The second-order valence-electron chi connectivity index (χ2n) is 6.64. The Balaban J connectivity index is 1.54. The zero-order valence-corrected chi connectivity index (χ0v) is 13.3. The Morgan fingerprint density at radius 2 is 1.80 bits per heavy atom. The van der Waals surface area contributed by atoms with Gasteiger partial charge in [-0.3, -0.25) is 4.79 Å². The first-order chi connectivity index (χ1) is 11.9. The van der Waals surface area contributed by atoms with E-state index in [1.165, 1.54) is 0 Å². The van der Waals surface area contributed by atoms with Crippen molar-refractivity contribution in [3.8, 4) is 11.4 Å². The first-order valence-corrected chi connectivity index (χ1v) is 8.22. The molecule has 2 fully saturated rings. The van der Waals surface area contributed by atoms with Crippen molar-refractivity contribution < 1.29 is 22.5 Å². The number of hydrogen-bond acceptors (Lipinski definition) is 4. The Kier molecular flexibility index (Phi) is 3.59. The van der Waals surface area contributed by atoms with Crippen LogP contribution in [0, 0.1) is 0 Å². The van der Waals surface area contributed by atoms with Crippen LogP contribution in [-0.4, -0.2) is 33.0 Å². The molecule has 2 heterocycles. The Morgan fingerprint density at radius 3 is 2.36 bits per heavy atom.